The molecule has 0 bridgehead atoms. The molecule has 0 spiro atoms. The van der Waals surface area contributed by atoms with Crippen LogP contribution in [0.1, 0.15) is 25.8 Å². The second kappa shape index (κ2) is 7.58. The molecule has 1 unspecified atom stereocenters. The molecule has 90 valence electrons. The predicted molar refractivity (Wildman–Crippen MR) is 74.8 cm³/mol. The van der Waals surface area contributed by atoms with Crippen molar-refractivity contribution in [1.82, 2.24) is 5.32 Å². The Bertz CT molecular complexity index is 302. The van der Waals surface area contributed by atoms with Crippen LogP contribution in [-0.4, -0.2) is 17.5 Å². The van der Waals surface area contributed by atoms with Crippen LogP contribution in [0.5, 0.6) is 0 Å². The molecule has 0 saturated carbocycles. The van der Waals surface area contributed by atoms with Crippen molar-refractivity contribution in [2.45, 2.75) is 32.9 Å². The highest BCUT2D eigenvalue weighted by atomic mass is 32.2. The van der Waals surface area contributed by atoms with Crippen LogP contribution in [0, 0.1) is 0 Å². The quantitative estimate of drug-likeness (QED) is 0.566. The predicted octanol–water partition coefficient (Wildman–Crippen LogP) is 2.89. The monoisotopic (exact) mass is 238 g/mol. The van der Waals surface area contributed by atoms with Gasteiger partial charge in [-0.3, -0.25) is 0 Å². The first-order valence-corrected chi connectivity index (χ1v) is 7.04. The summed E-state index contributed by atoms with van der Waals surface area (Å²) in [7, 11) is 0. The Hall–Kier alpha value is -0.670. The fourth-order valence-electron chi connectivity index (χ4n) is 1.49. The van der Waals surface area contributed by atoms with Crippen molar-refractivity contribution < 1.29 is 0 Å². The SMILES string of the molecule is CCSCCC(C)NCc1ccccc1N. The van der Waals surface area contributed by atoms with Crippen molar-refractivity contribution >= 4 is 17.4 Å². The van der Waals surface area contributed by atoms with Crippen LogP contribution >= 0.6 is 11.8 Å². The normalized spacial score (nSPS) is 12.6. The summed E-state index contributed by atoms with van der Waals surface area (Å²) in [5, 5.41) is 3.51. The molecule has 2 nitrogen and oxygen atoms in total. The molecule has 0 radical (unpaired) electrons. The fourth-order valence-corrected chi connectivity index (χ4v) is 2.29. The average molecular weight is 238 g/mol. The van der Waals surface area contributed by atoms with Crippen LogP contribution < -0.4 is 11.1 Å². The molecule has 0 fully saturated rings. The number of anilines is 1. The van der Waals surface area contributed by atoms with Crippen LogP contribution in [0.15, 0.2) is 24.3 Å². The first-order valence-electron chi connectivity index (χ1n) is 5.88. The van der Waals surface area contributed by atoms with E-state index in [2.05, 4.69) is 25.2 Å². The minimum atomic E-state index is 0.554. The van der Waals surface area contributed by atoms with E-state index in [0.717, 1.165) is 12.2 Å². The smallest absolute Gasteiger partial charge is 0.0359 e. The molecule has 0 aliphatic rings. The highest BCUT2D eigenvalue weighted by Gasteiger charge is 2.02. The maximum absolute atomic E-state index is 5.88. The van der Waals surface area contributed by atoms with Gasteiger partial charge in [0.2, 0.25) is 0 Å². The zero-order valence-electron chi connectivity index (χ0n) is 10.2. The number of rotatable bonds is 7. The summed E-state index contributed by atoms with van der Waals surface area (Å²) in [5.74, 6) is 2.44. The van der Waals surface area contributed by atoms with E-state index in [9.17, 15) is 0 Å². The summed E-state index contributed by atoms with van der Waals surface area (Å²) in [6.07, 6.45) is 1.21. The highest BCUT2D eigenvalue weighted by Crippen LogP contribution is 2.11. The second-order valence-electron chi connectivity index (χ2n) is 3.97. The van der Waals surface area contributed by atoms with Crippen LogP contribution in [0.4, 0.5) is 5.69 Å². The minimum absolute atomic E-state index is 0.554. The Labute approximate surface area is 103 Å². The number of para-hydroxylation sites is 1. The molecule has 16 heavy (non-hydrogen) atoms. The summed E-state index contributed by atoms with van der Waals surface area (Å²) < 4.78 is 0. The van der Waals surface area contributed by atoms with Crippen molar-refractivity contribution in [1.29, 1.82) is 0 Å². The van der Waals surface area contributed by atoms with Crippen molar-refractivity contribution in [2.75, 3.05) is 17.2 Å². The van der Waals surface area contributed by atoms with E-state index in [1.807, 2.05) is 30.0 Å². The van der Waals surface area contributed by atoms with E-state index in [4.69, 9.17) is 5.73 Å². The topological polar surface area (TPSA) is 38.0 Å². The van der Waals surface area contributed by atoms with E-state index in [1.165, 1.54) is 23.5 Å². The largest absolute Gasteiger partial charge is 0.398 e. The Morgan fingerprint density at radius 2 is 2.12 bits per heavy atom. The van der Waals surface area contributed by atoms with E-state index in [-0.39, 0.29) is 0 Å². The number of nitrogens with one attached hydrogen (secondary N) is 1. The first kappa shape index (κ1) is 13.4. The van der Waals surface area contributed by atoms with Crippen molar-refractivity contribution in [3.63, 3.8) is 0 Å². The summed E-state index contributed by atoms with van der Waals surface area (Å²) in [6, 6.07) is 8.59. The fraction of sp³-hybridized carbons (Fsp3) is 0.538. The lowest BCUT2D eigenvalue weighted by Crippen LogP contribution is -2.26. The third kappa shape index (κ3) is 4.90. The standard InChI is InChI=1S/C13H22N2S/c1-3-16-9-8-11(2)15-10-12-6-4-5-7-13(12)14/h4-7,11,15H,3,8-10,14H2,1-2H3. The van der Waals surface area contributed by atoms with Gasteiger partial charge in [-0.25, -0.2) is 0 Å². The number of nitrogens with two attached hydrogens (primary N) is 1. The van der Waals surface area contributed by atoms with Crippen LogP contribution in [0.2, 0.25) is 0 Å². The number of thioether (sulfide) groups is 1. The molecule has 1 aromatic rings. The van der Waals surface area contributed by atoms with Gasteiger partial charge in [0.05, 0.1) is 0 Å². The van der Waals surface area contributed by atoms with Gasteiger partial charge in [-0.1, -0.05) is 25.1 Å². The molecule has 1 atom stereocenters. The minimum Gasteiger partial charge on any atom is -0.398 e. The average Bonchev–Trinajstić information content (AvgIpc) is 2.28. The van der Waals surface area contributed by atoms with Crippen LogP contribution in [0.3, 0.4) is 0 Å². The summed E-state index contributed by atoms with van der Waals surface area (Å²) in [4.78, 5) is 0. The number of hydrogen-bond acceptors (Lipinski definition) is 3. The van der Waals surface area contributed by atoms with Gasteiger partial charge >= 0.3 is 0 Å². The Morgan fingerprint density at radius 3 is 2.81 bits per heavy atom. The molecular weight excluding hydrogens is 216 g/mol. The van der Waals surface area contributed by atoms with Crippen LogP contribution in [-0.2, 0) is 6.54 Å². The van der Waals surface area contributed by atoms with Gasteiger partial charge in [-0.15, -0.1) is 0 Å². The number of nitrogen functional groups attached to an aromatic ring is 1. The third-order valence-electron chi connectivity index (χ3n) is 2.60. The molecule has 3 N–H and O–H groups in total. The third-order valence-corrected chi connectivity index (χ3v) is 3.53. The van der Waals surface area contributed by atoms with Crippen molar-refractivity contribution in [2.24, 2.45) is 0 Å². The summed E-state index contributed by atoms with van der Waals surface area (Å²) >= 11 is 2.00. The summed E-state index contributed by atoms with van der Waals surface area (Å²) in [5.41, 5.74) is 7.96. The number of benzene rings is 1. The Morgan fingerprint density at radius 1 is 1.38 bits per heavy atom. The van der Waals surface area contributed by atoms with E-state index >= 15 is 0 Å². The molecule has 1 aromatic carbocycles. The second-order valence-corrected chi connectivity index (χ2v) is 5.36. The van der Waals surface area contributed by atoms with Gasteiger partial charge in [0, 0.05) is 18.3 Å². The van der Waals surface area contributed by atoms with Gasteiger partial charge in [0.1, 0.15) is 0 Å². The lowest BCUT2D eigenvalue weighted by Gasteiger charge is -2.14. The zero-order valence-corrected chi connectivity index (χ0v) is 11.0. The van der Waals surface area contributed by atoms with Gasteiger partial charge < -0.3 is 11.1 Å². The first-order chi connectivity index (χ1) is 7.74. The highest BCUT2D eigenvalue weighted by molar-refractivity contribution is 7.99. The van der Waals surface area contributed by atoms with Gasteiger partial charge in [0.15, 0.2) is 0 Å². The van der Waals surface area contributed by atoms with Gasteiger partial charge in [0.25, 0.3) is 0 Å². The van der Waals surface area contributed by atoms with E-state index in [0.29, 0.717) is 6.04 Å². The Balaban J connectivity index is 2.26. The zero-order chi connectivity index (χ0) is 11.8. The molecule has 0 aliphatic heterocycles. The molecular formula is C13H22N2S. The molecule has 0 aliphatic carbocycles. The lowest BCUT2D eigenvalue weighted by atomic mass is 10.1. The number of hydrogen-bond donors (Lipinski definition) is 2. The van der Waals surface area contributed by atoms with Gasteiger partial charge in [-0.05, 0) is 36.5 Å². The van der Waals surface area contributed by atoms with Crippen molar-refractivity contribution in [3.8, 4) is 0 Å². The lowest BCUT2D eigenvalue weighted by molar-refractivity contribution is 0.538. The van der Waals surface area contributed by atoms with Crippen LogP contribution in [0.25, 0.3) is 0 Å². The molecule has 0 saturated heterocycles. The molecule has 0 heterocycles. The molecule has 1 rings (SSSR count). The Kier molecular flexibility index (Phi) is 6.34. The maximum Gasteiger partial charge on any atom is 0.0359 e. The maximum atomic E-state index is 5.88. The summed E-state index contributed by atoms with van der Waals surface area (Å²) in [6.45, 7) is 5.30. The van der Waals surface area contributed by atoms with E-state index < -0.39 is 0 Å². The van der Waals surface area contributed by atoms with E-state index in [1.54, 1.807) is 0 Å². The van der Waals surface area contributed by atoms with Gasteiger partial charge in [-0.2, -0.15) is 11.8 Å². The molecule has 0 aromatic heterocycles. The molecule has 0 amide bonds. The molecule has 3 heteroatoms. The van der Waals surface area contributed by atoms with Crippen molar-refractivity contribution in [3.05, 3.63) is 29.8 Å².